The number of hydrogen-bond acceptors (Lipinski definition) is 6. The number of anilines is 1. The summed E-state index contributed by atoms with van der Waals surface area (Å²) >= 11 is 1.76. The number of ether oxygens (including phenoxy) is 1. The summed E-state index contributed by atoms with van der Waals surface area (Å²) in [6.07, 6.45) is 5.11. The van der Waals surface area contributed by atoms with E-state index in [1.807, 2.05) is 6.92 Å². The highest BCUT2D eigenvalue weighted by Gasteiger charge is 2.28. The van der Waals surface area contributed by atoms with Crippen molar-refractivity contribution in [3.05, 3.63) is 11.4 Å². The molecule has 5 nitrogen and oxygen atoms in total. The monoisotopic (exact) mass is 280 g/mol. The first-order valence-corrected chi connectivity index (χ1v) is 7.86. The Labute approximate surface area is 117 Å². The predicted molar refractivity (Wildman–Crippen MR) is 76.3 cm³/mol. The lowest BCUT2D eigenvalue weighted by molar-refractivity contribution is 0.129. The average Bonchev–Trinajstić information content (AvgIpc) is 3.14. The molecule has 0 radical (unpaired) electrons. The summed E-state index contributed by atoms with van der Waals surface area (Å²) in [5.41, 5.74) is 3.73. The predicted octanol–water partition coefficient (Wildman–Crippen LogP) is 2.22. The molecule has 2 aliphatic rings. The van der Waals surface area contributed by atoms with Gasteiger partial charge in [0.25, 0.3) is 0 Å². The van der Waals surface area contributed by atoms with Crippen molar-refractivity contribution in [2.24, 2.45) is 5.84 Å². The van der Waals surface area contributed by atoms with Crippen LogP contribution in [0.1, 0.15) is 43.0 Å². The summed E-state index contributed by atoms with van der Waals surface area (Å²) in [6, 6.07) is 0. The van der Waals surface area contributed by atoms with E-state index in [-0.39, 0.29) is 0 Å². The highest BCUT2D eigenvalue weighted by Crippen LogP contribution is 2.40. The quantitative estimate of drug-likeness (QED) is 0.373. The number of nitrogen functional groups attached to an aromatic ring is 1. The summed E-state index contributed by atoms with van der Waals surface area (Å²) in [7, 11) is 0. The maximum atomic E-state index is 5.66. The van der Waals surface area contributed by atoms with Gasteiger partial charge in [0.1, 0.15) is 16.7 Å². The molecule has 3 rings (SSSR count). The van der Waals surface area contributed by atoms with Gasteiger partial charge in [0.15, 0.2) is 0 Å². The number of rotatable bonds is 5. The van der Waals surface area contributed by atoms with Crippen LogP contribution in [-0.4, -0.2) is 28.4 Å². The number of nitrogens with two attached hydrogens (primary N) is 1. The van der Waals surface area contributed by atoms with Crippen molar-refractivity contribution in [1.82, 2.24) is 9.97 Å². The first-order chi connectivity index (χ1) is 9.28. The van der Waals surface area contributed by atoms with E-state index >= 15 is 0 Å². The van der Waals surface area contributed by atoms with E-state index in [2.05, 4.69) is 10.4 Å². The third-order valence-electron chi connectivity index (χ3n) is 3.63. The highest BCUT2D eigenvalue weighted by atomic mass is 32.2. The average molecular weight is 280 g/mol. The molecule has 1 aromatic heterocycles. The Morgan fingerprint density at radius 2 is 2.21 bits per heavy atom. The highest BCUT2D eigenvalue weighted by molar-refractivity contribution is 7.99. The SMILES string of the molecule is Cc1c(NN)nc(C2CC2)nc1SCC1CCCO1. The molecule has 1 aliphatic carbocycles. The summed E-state index contributed by atoms with van der Waals surface area (Å²) < 4.78 is 5.66. The zero-order valence-electron chi connectivity index (χ0n) is 11.2. The summed E-state index contributed by atoms with van der Waals surface area (Å²) in [5, 5.41) is 1.04. The number of thioether (sulfide) groups is 1. The van der Waals surface area contributed by atoms with Gasteiger partial charge >= 0.3 is 0 Å². The molecular formula is C13H20N4OS. The van der Waals surface area contributed by atoms with Gasteiger partial charge in [0.05, 0.1) is 6.10 Å². The van der Waals surface area contributed by atoms with Crippen LogP contribution in [0.3, 0.4) is 0 Å². The fourth-order valence-electron chi connectivity index (χ4n) is 2.27. The number of nitrogens with one attached hydrogen (secondary N) is 1. The second-order valence-electron chi connectivity index (χ2n) is 5.23. The molecule has 3 N–H and O–H groups in total. The molecule has 104 valence electrons. The Hall–Kier alpha value is -0.850. The summed E-state index contributed by atoms with van der Waals surface area (Å²) in [6.45, 7) is 2.92. The van der Waals surface area contributed by atoms with Crippen LogP contribution in [0.15, 0.2) is 5.03 Å². The molecule has 0 aromatic carbocycles. The first kappa shape index (κ1) is 13.1. The smallest absolute Gasteiger partial charge is 0.147 e. The van der Waals surface area contributed by atoms with Crippen molar-refractivity contribution in [3.63, 3.8) is 0 Å². The van der Waals surface area contributed by atoms with Crippen LogP contribution < -0.4 is 11.3 Å². The zero-order chi connectivity index (χ0) is 13.2. The minimum atomic E-state index is 0.373. The zero-order valence-corrected chi connectivity index (χ0v) is 12.0. The molecule has 2 heterocycles. The van der Waals surface area contributed by atoms with Crippen LogP contribution in [0, 0.1) is 6.92 Å². The normalized spacial score (nSPS) is 22.7. The third-order valence-corrected chi connectivity index (χ3v) is 4.84. The van der Waals surface area contributed by atoms with Crippen LogP contribution >= 0.6 is 11.8 Å². The Morgan fingerprint density at radius 1 is 1.37 bits per heavy atom. The fourth-order valence-corrected chi connectivity index (χ4v) is 3.34. The van der Waals surface area contributed by atoms with Gasteiger partial charge in [0.2, 0.25) is 0 Å². The Balaban J connectivity index is 1.75. The molecule has 1 saturated heterocycles. The van der Waals surface area contributed by atoms with Crippen LogP contribution in [0.2, 0.25) is 0 Å². The van der Waals surface area contributed by atoms with Crippen molar-refractivity contribution in [3.8, 4) is 0 Å². The van der Waals surface area contributed by atoms with E-state index in [4.69, 9.17) is 15.6 Å². The first-order valence-electron chi connectivity index (χ1n) is 6.87. The van der Waals surface area contributed by atoms with E-state index in [1.54, 1.807) is 11.8 Å². The Kier molecular flexibility index (Phi) is 3.91. The van der Waals surface area contributed by atoms with Crippen molar-refractivity contribution in [2.75, 3.05) is 17.8 Å². The molecule has 1 atom stereocenters. The van der Waals surface area contributed by atoms with Crippen LogP contribution in [-0.2, 0) is 4.74 Å². The maximum absolute atomic E-state index is 5.66. The van der Waals surface area contributed by atoms with Gasteiger partial charge in [-0.05, 0) is 32.6 Å². The van der Waals surface area contributed by atoms with Crippen LogP contribution in [0.4, 0.5) is 5.82 Å². The number of hydrazine groups is 1. The van der Waals surface area contributed by atoms with E-state index in [0.717, 1.165) is 41.0 Å². The van der Waals surface area contributed by atoms with Gasteiger partial charge in [-0.2, -0.15) is 0 Å². The summed E-state index contributed by atoms with van der Waals surface area (Å²) in [4.78, 5) is 9.21. The van der Waals surface area contributed by atoms with Crippen molar-refractivity contribution in [2.45, 2.75) is 49.7 Å². The van der Waals surface area contributed by atoms with Gasteiger partial charge in [0, 0.05) is 23.8 Å². The van der Waals surface area contributed by atoms with Gasteiger partial charge in [-0.25, -0.2) is 15.8 Å². The molecule has 2 fully saturated rings. The van der Waals surface area contributed by atoms with Crippen molar-refractivity contribution in [1.29, 1.82) is 0 Å². The molecule has 19 heavy (non-hydrogen) atoms. The minimum absolute atomic E-state index is 0.373. The second-order valence-corrected chi connectivity index (χ2v) is 6.23. The molecule has 1 aromatic rings. The molecule has 1 aliphatic heterocycles. The van der Waals surface area contributed by atoms with E-state index in [1.165, 1.54) is 19.3 Å². The maximum Gasteiger partial charge on any atom is 0.147 e. The lowest BCUT2D eigenvalue weighted by Gasteiger charge is -2.13. The molecule has 6 heteroatoms. The number of nitrogens with zero attached hydrogens (tertiary/aromatic N) is 2. The molecule has 0 bridgehead atoms. The fraction of sp³-hybridized carbons (Fsp3) is 0.692. The lowest BCUT2D eigenvalue weighted by Crippen LogP contribution is -2.14. The van der Waals surface area contributed by atoms with Gasteiger partial charge in [-0.1, -0.05) is 0 Å². The van der Waals surface area contributed by atoms with Crippen molar-refractivity contribution < 1.29 is 4.74 Å². The van der Waals surface area contributed by atoms with Crippen LogP contribution in [0.25, 0.3) is 0 Å². The second kappa shape index (κ2) is 5.64. The van der Waals surface area contributed by atoms with Gasteiger partial charge in [-0.3, -0.25) is 0 Å². The topological polar surface area (TPSA) is 73.1 Å². The van der Waals surface area contributed by atoms with E-state index < -0.39 is 0 Å². The van der Waals surface area contributed by atoms with Crippen LogP contribution in [0.5, 0.6) is 0 Å². The molecule has 1 saturated carbocycles. The molecule has 1 unspecified atom stereocenters. The number of hydrogen-bond donors (Lipinski definition) is 2. The molecular weight excluding hydrogens is 260 g/mol. The third kappa shape index (κ3) is 3.01. The van der Waals surface area contributed by atoms with E-state index in [9.17, 15) is 0 Å². The van der Waals surface area contributed by atoms with E-state index in [0.29, 0.717) is 12.0 Å². The number of aromatic nitrogens is 2. The Morgan fingerprint density at radius 3 is 2.84 bits per heavy atom. The Bertz CT molecular complexity index is 458. The minimum Gasteiger partial charge on any atom is -0.377 e. The standard InChI is InChI=1S/C13H20N4OS/c1-8-11(17-14)15-12(9-4-5-9)16-13(8)19-7-10-3-2-6-18-10/h9-10H,2-7,14H2,1H3,(H,15,16,17). The molecule has 0 amide bonds. The van der Waals surface area contributed by atoms with Gasteiger partial charge in [-0.15, -0.1) is 11.8 Å². The molecule has 0 spiro atoms. The largest absolute Gasteiger partial charge is 0.377 e. The van der Waals surface area contributed by atoms with Gasteiger partial charge < -0.3 is 10.2 Å². The summed E-state index contributed by atoms with van der Waals surface area (Å²) in [5.74, 6) is 8.75. The van der Waals surface area contributed by atoms with Crippen molar-refractivity contribution >= 4 is 17.6 Å². The lowest BCUT2D eigenvalue weighted by atomic mass is 10.3.